The van der Waals surface area contributed by atoms with Crippen molar-refractivity contribution < 1.29 is 26.4 Å². The van der Waals surface area contributed by atoms with Gasteiger partial charge < -0.3 is 41.9 Å². The van der Waals surface area contributed by atoms with Crippen LogP contribution in [-0.2, 0) is 23.1 Å². The number of aryl methyl sites for hydroxylation is 2. The Morgan fingerprint density at radius 1 is 0.517 bits per heavy atom. The van der Waals surface area contributed by atoms with Gasteiger partial charge in [0.15, 0.2) is 0 Å². The number of amides is 2. The summed E-state index contributed by atoms with van der Waals surface area (Å²) in [6.07, 6.45) is 7.18. The zero-order chi connectivity index (χ0) is 61.4. The van der Waals surface area contributed by atoms with Gasteiger partial charge in [-0.1, -0.05) is 96.5 Å². The van der Waals surface area contributed by atoms with E-state index in [0.717, 1.165) is 61.1 Å². The Morgan fingerprint density at radius 2 is 0.908 bits per heavy atom. The van der Waals surface area contributed by atoms with Crippen LogP contribution < -0.4 is 32.7 Å². The van der Waals surface area contributed by atoms with E-state index >= 15 is 0 Å². The van der Waals surface area contributed by atoms with Crippen LogP contribution in [0.5, 0.6) is 0 Å². The largest absolute Gasteiger partial charge is 0.399 e. The average molecular weight is 1210 g/mol. The molecule has 0 radical (unpaired) electrons. The van der Waals surface area contributed by atoms with Gasteiger partial charge in [-0.05, 0) is 134 Å². The predicted octanol–water partition coefficient (Wildman–Crippen LogP) is 13.1. The summed E-state index contributed by atoms with van der Waals surface area (Å²) < 4.78 is 37.4. The van der Waals surface area contributed by atoms with Crippen molar-refractivity contribution in [3.05, 3.63) is 252 Å². The van der Waals surface area contributed by atoms with Gasteiger partial charge in [0.2, 0.25) is 11.9 Å². The molecule has 8 N–H and O–H groups in total. The Morgan fingerprint density at radius 3 is 1.34 bits per heavy atom. The third-order valence-corrected chi connectivity index (χ3v) is 13.8. The highest BCUT2D eigenvalue weighted by Gasteiger charge is 2.20. The second kappa shape index (κ2) is 28.2. The van der Waals surface area contributed by atoms with Gasteiger partial charge in [0.1, 0.15) is 6.07 Å². The highest BCUT2D eigenvalue weighted by molar-refractivity contribution is 7.52. The maximum absolute atomic E-state index is 12.8. The number of carbonyl (C=O) groups excluding carboxylic acids is 2. The second-order valence-electron chi connectivity index (χ2n) is 19.1. The summed E-state index contributed by atoms with van der Waals surface area (Å²) in [4.78, 5) is 44.0. The molecule has 0 aliphatic rings. The summed E-state index contributed by atoms with van der Waals surface area (Å²) in [5.74, 6) is 0.253. The summed E-state index contributed by atoms with van der Waals surface area (Å²) in [6.45, 7) is 3.85. The molecule has 430 valence electrons. The fraction of sp³-hybridized carbons (Fsp3) is 0.0308. The molecule has 4 aromatic heterocycles. The number of nitrogens with one attached hydrogen (secondary N) is 4. The van der Waals surface area contributed by atoms with E-state index in [0.29, 0.717) is 73.4 Å². The lowest BCUT2D eigenvalue weighted by Gasteiger charge is -2.12. The molecule has 87 heavy (non-hydrogen) atoms. The molecule has 0 atom stereocenters. The molecule has 0 saturated heterocycles. The van der Waals surface area contributed by atoms with E-state index in [1.165, 1.54) is 6.20 Å². The zero-order valence-electron chi connectivity index (χ0n) is 46.2. The fourth-order valence-corrected chi connectivity index (χ4v) is 9.46. The van der Waals surface area contributed by atoms with Crippen LogP contribution in [0, 0.1) is 25.2 Å². The van der Waals surface area contributed by atoms with Crippen LogP contribution in [0.2, 0.25) is 5.02 Å². The maximum atomic E-state index is 12.8. The molecule has 0 unspecified atom stereocenters. The van der Waals surface area contributed by atoms with Crippen LogP contribution >= 0.6 is 11.6 Å². The number of hydrogen-bond acceptors (Lipinski definition) is 15. The number of nitrogens with zero attached hydrogens (tertiary/aromatic N) is 7. The van der Waals surface area contributed by atoms with Gasteiger partial charge in [0.05, 0.1) is 45.4 Å². The van der Waals surface area contributed by atoms with Crippen LogP contribution in [-0.4, -0.2) is 57.7 Å². The summed E-state index contributed by atoms with van der Waals surface area (Å²) in [7, 11) is 0. The number of rotatable bonds is 12. The van der Waals surface area contributed by atoms with Crippen LogP contribution in [0.4, 0.5) is 46.0 Å². The number of benzene rings is 8. The summed E-state index contributed by atoms with van der Waals surface area (Å²) in [6, 6.07) is 63.4. The molecule has 0 fully saturated rings. The molecule has 0 spiro atoms. The normalized spacial score (nSPS) is 10.4. The summed E-state index contributed by atoms with van der Waals surface area (Å²) in [5, 5.41) is 24.8. The van der Waals surface area contributed by atoms with E-state index in [-0.39, 0.29) is 11.8 Å². The first-order valence-electron chi connectivity index (χ1n) is 26.3. The van der Waals surface area contributed by atoms with Crippen molar-refractivity contribution in [3.8, 4) is 40.0 Å². The number of fused-ring (bicyclic) bond motifs is 2. The molecule has 12 rings (SSSR count). The minimum absolute atomic E-state index is 0.222. The van der Waals surface area contributed by atoms with Crippen molar-refractivity contribution in [2.75, 3.05) is 32.7 Å². The molecule has 19 nitrogen and oxygen atoms in total. The average Bonchev–Trinajstić information content (AvgIpc) is 1.83. The number of carbonyl (C=O) groups is 2. The Labute approximate surface area is 510 Å². The number of aromatic nitrogens is 6. The molecule has 2 amide bonds. The van der Waals surface area contributed by atoms with Gasteiger partial charge in [0.25, 0.3) is 11.8 Å². The van der Waals surface area contributed by atoms with Crippen molar-refractivity contribution in [3.63, 3.8) is 0 Å². The summed E-state index contributed by atoms with van der Waals surface area (Å²) >= 11 is 5.14. The van der Waals surface area contributed by atoms with E-state index in [1.807, 2.05) is 141 Å². The molecule has 0 aliphatic heterocycles. The van der Waals surface area contributed by atoms with E-state index in [9.17, 15) is 14.9 Å². The molecule has 0 aliphatic carbocycles. The van der Waals surface area contributed by atoms with Crippen LogP contribution in [0.3, 0.4) is 0 Å². The first-order valence-corrected chi connectivity index (χ1v) is 28.0. The number of nitriles is 1. The van der Waals surface area contributed by atoms with Crippen LogP contribution in [0.25, 0.3) is 55.7 Å². The van der Waals surface area contributed by atoms with Gasteiger partial charge in [-0.2, -0.15) is 22.1 Å². The fourth-order valence-electron chi connectivity index (χ4n) is 9.27. The molecule has 12 aromatic rings. The van der Waals surface area contributed by atoms with Crippen molar-refractivity contribution >= 4 is 114 Å². The van der Waals surface area contributed by atoms with E-state index < -0.39 is 23.1 Å². The van der Waals surface area contributed by atoms with Gasteiger partial charge in [0, 0.05) is 90.9 Å². The minimum Gasteiger partial charge on any atom is -0.399 e. The molecule has 22 heteroatoms. The minimum atomic E-state index is -0.750. The Hall–Kier alpha value is -11.4. The number of nitrogen functional groups attached to an aromatic ring is 2. The molecule has 0 bridgehead atoms. The number of hydrogen-bond donors (Lipinski definition) is 6. The third kappa shape index (κ3) is 14.5. The lowest BCUT2D eigenvalue weighted by molar-refractivity contribution is 0.101. The smallest absolute Gasteiger partial charge is 0.335 e. The highest BCUT2D eigenvalue weighted by Crippen LogP contribution is 2.37. The molecule has 8 aromatic carbocycles. The first kappa shape index (κ1) is 60.2. The number of para-hydroxylation sites is 4. The number of nitrogens with two attached hydrogens (primary N) is 2. The molecule has 0 saturated carbocycles. The monoisotopic (exact) mass is 1210 g/mol. The zero-order valence-corrected chi connectivity index (χ0v) is 48.6. The Balaban J connectivity index is 0.000000190. The lowest BCUT2D eigenvalue weighted by Crippen LogP contribution is -2.13. The van der Waals surface area contributed by atoms with Gasteiger partial charge in [-0.25, -0.2) is 19.9 Å². The lowest BCUT2D eigenvalue weighted by atomic mass is 10.1. The van der Waals surface area contributed by atoms with Crippen molar-refractivity contribution in [1.29, 1.82) is 5.26 Å². The highest BCUT2D eigenvalue weighted by atomic mass is 35.5. The summed E-state index contributed by atoms with van der Waals surface area (Å²) in [5.41, 5.74) is 25.6. The Kier molecular flexibility index (Phi) is 19.5. The molecule has 4 heterocycles. The third-order valence-electron chi connectivity index (χ3n) is 13.5. The standard InChI is InChI=1S/C33H25N7O.C32H25ClN6O.2O2S/c1-21-11-16-25(17-29(21)38-32(41)22-12-14-24(35)15-13-22)37-33-36-19-23(18-34)31(39-33)28-20-40(26-7-3-2-4-8-26)30-10-6-5-9-27(28)30;1-20-11-16-23(17-28(20)37-31(40)21-12-14-22(34)15-13-21)36-32-35-18-27(33)30(38-32)26-19-39(24-7-3-2-4-8-24)29-10-6-5-9-25(26)29;2*1-3-2/h2-17,19-20H,35H2,1H3,(H,38,41)(H,36,37,39);2-19H,34H2,1H3,(H,37,40)(H,35,36,38);;. The van der Waals surface area contributed by atoms with E-state index in [4.69, 9.17) is 49.9 Å². The van der Waals surface area contributed by atoms with E-state index in [1.54, 1.807) is 54.7 Å². The number of anilines is 8. The van der Waals surface area contributed by atoms with Gasteiger partial charge in [-0.15, -0.1) is 0 Å². The quantitative estimate of drug-likeness (QED) is 0.0620. The number of halogens is 1. The van der Waals surface area contributed by atoms with Crippen molar-refractivity contribution in [2.24, 2.45) is 0 Å². The topological polar surface area (TPSA) is 288 Å². The van der Waals surface area contributed by atoms with Crippen molar-refractivity contribution in [1.82, 2.24) is 29.1 Å². The van der Waals surface area contributed by atoms with Crippen LogP contribution in [0.1, 0.15) is 37.4 Å². The Bertz CT molecular complexity index is 4580. The first-order chi connectivity index (χ1) is 42.3. The van der Waals surface area contributed by atoms with Gasteiger partial charge >= 0.3 is 23.1 Å². The second-order valence-corrected chi connectivity index (χ2v) is 19.8. The molecular weight excluding hydrogens is 1160 g/mol. The van der Waals surface area contributed by atoms with Crippen LogP contribution in [0.15, 0.2) is 219 Å². The van der Waals surface area contributed by atoms with Crippen molar-refractivity contribution in [2.45, 2.75) is 13.8 Å². The SMILES string of the molecule is Cc1ccc(Nc2ncc(C#N)c(-c3cn(-c4ccccc4)c4ccccc34)n2)cc1NC(=O)c1ccc(N)cc1.Cc1ccc(Nc2ncc(Cl)c(-c3cn(-c4ccccc4)c4ccccc34)n2)cc1NC(=O)c1ccc(N)cc1.O=S=O.O=S=O. The predicted molar refractivity (Wildman–Crippen MR) is 343 cm³/mol. The molecular formula is C65H50ClN13O6S2. The maximum Gasteiger partial charge on any atom is 0.335 e. The van der Waals surface area contributed by atoms with Gasteiger partial charge in [-0.3, -0.25) is 9.59 Å². The van der Waals surface area contributed by atoms with E-state index in [2.05, 4.69) is 76.9 Å².